The van der Waals surface area contributed by atoms with E-state index in [-0.39, 0.29) is 18.6 Å². The second-order valence-electron chi connectivity index (χ2n) is 4.34. The molecule has 1 unspecified atom stereocenters. The van der Waals surface area contributed by atoms with Gasteiger partial charge in [0.05, 0.1) is 18.3 Å². The predicted molar refractivity (Wildman–Crippen MR) is 66.4 cm³/mol. The predicted octanol–water partition coefficient (Wildman–Crippen LogP) is 1.41. The molecule has 1 aromatic carbocycles. The van der Waals surface area contributed by atoms with Crippen LogP contribution in [0.2, 0.25) is 0 Å². The van der Waals surface area contributed by atoms with Gasteiger partial charge in [-0.15, -0.1) is 0 Å². The van der Waals surface area contributed by atoms with Crippen LogP contribution in [0.25, 0.3) is 0 Å². The van der Waals surface area contributed by atoms with Gasteiger partial charge in [0.2, 0.25) is 5.91 Å². The van der Waals surface area contributed by atoms with Gasteiger partial charge in [-0.25, -0.2) is 10.0 Å². The van der Waals surface area contributed by atoms with Gasteiger partial charge < -0.3 is 5.11 Å². The number of para-hydroxylation sites is 1. The van der Waals surface area contributed by atoms with Crippen LogP contribution in [-0.2, 0) is 4.79 Å². The molecule has 1 heterocycles. The summed E-state index contributed by atoms with van der Waals surface area (Å²) in [7, 11) is 0. The van der Waals surface area contributed by atoms with Gasteiger partial charge in [0.15, 0.2) is 0 Å². The molecule has 4 heteroatoms. The van der Waals surface area contributed by atoms with Gasteiger partial charge in [-0.1, -0.05) is 18.2 Å². The van der Waals surface area contributed by atoms with Crippen LogP contribution in [0.3, 0.4) is 0 Å². The van der Waals surface area contributed by atoms with Crippen LogP contribution >= 0.6 is 0 Å². The number of aliphatic hydroxyl groups excluding tert-OH is 1. The average Bonchev–Trinajstić information content (AvgIpc) is 2.38. The first-order chi connectivity index (χ1) is 8.24. The Bertz CT molecular complexity index is 380. The van der Waals surface area contributed by atoms with E-state index >= 15 is 0 Å². The van der Waals surface area contributed by atoms with E-state index in [1.165, 1.54) is 0 Å². The van der Waals surface area contributed by atoms with E-state index in [2.05, 4.69) is 0 Å². The molecule has 1 atom stereocenters. The van der Waals surface area contributed by atoms with Crippen LogP contribution in [0.1, 0.15) is 19.8 Å². The Labute approximate surface area is 101 Å². The molecule has 0 saturated carbocycles. The highest BCUT2D eigenvalue weighted by Gasteiger charge is 2.30. The fraction of sp³-hybridized carbons (Fsp3) is 0.462. The van der Waals surface area contributed by atoms with Gasteiger partial charge in [0.1, 0.15) is 0 Å². The van der Waals surface area contributed by atoms with E-state index in [4.69, 9.17) is 0 Å². The molecule has 0 bridgehead atoms. The number of hydrazine groups is 1. The van der Waals surface area contributed by atoms with Crippen molar-refractivity contribution in [1.82, 2.24) is 5.01 Å². The Balaban J connectivity index is 2.28. The van der Waals surface area contributed by atoms with Gasteiger partial charge in [0, 0.05) is 13.0 Å². The van der Waals surface area contributed by atoms with Crippen LogP contribution < -0.4 is 5.01 Å². The minimum Gasteiger partial charge on any atom is -0.395 e. The van der Waals surface area contributed by atoms with E-state index in [1.807, 2.05) is 42.3 Å². The van der Waals surface area contributed by atoms with Crippen molar-refractivity contribution in [2.24, 2.45) is 0 Å². The van der Waals surface area contributed by atoms with E-state index in [0.717, 1.165) is 18.7 Å². The summed E-state index contributed by atoms with van der Waals surface area (Å²) in [6, 6.07) is 9.55. The molecular weight excluding hydrogens is 216 g/mol. The van der Waals surface area contributed by atoms with Crippen molar-refractivity contribution in [2.45, 2.75) is 25.8 Å². The summed E-state index contributed by atoms with van der Waals surface area (Å²) in [5.41, 5.74) is 0.873. The van der Waals surface area contributed by atoms with Crippen molar-refractivity contribution in [3.8, 4) is 0 Å². The largest absolute Gasteiger partial charge is 0.395 e. The zero-order valence-electron chi connectivity index (χ0n) is 10.0. The molecule has 1 aliphatic rings. The van der Waals surface area contributed by atoms with Crippen molar-refractivity contribution in [2.75, 3.05) is 18.2 Å². The monoisotopic (exact) mass is 234 g/mol. The molecule has 0 spiro atoms. The molecule has 1 aliphatic heterocycles. The molecule has 0 radical (unpaired) electrons. The fourth-order valence-electron chi connectivity index (χ4n) is 2.11. The number of nitrogens with zero attached hydrogens (tertiary/aromatic N) is 2. The molecule has 92 valence electrons. The number of carbonyl (C=O) groups excluding carboxylic acids is 1. The minimum absolute atomic E-state index is 0.0422. The Morgan fingerprint density at radius 1 is 1.35 bits per heavy atom. The van der Waals surface area contributed by atoms with Gasteiger partial charge in [0.25, 0.3) is 0 Å². The maximum absolute atomic E-state index is 12.0. The number of hydrogen-bond donors (Lipinski definition) is 1. The van der Waals surface area contributed by atoms with Gasteiger partial charge in [-0.2, -0.15) is 0 Å². The summed E-state index contributed by atoms with van der Waals surface area (Å²) in [4.78, 5) is 12.0. The van der Waals surface area contributed by atoms with Crippen LogP contribution in [0.5, 0.6) is 0 Å². The van der Waals surface area contributed by atoms with Gasteiger partial charge in [-0.3, -0.25) is 4.79 Å². The smallest absolute Gasteiger partial charge is 0.241 e. The molecular formula is C13H18N2O2. The third-order valence-electron chi connectivity index (χ3n) is 3.04. The molecule has 0 aromatic heterocycles. The first-order valence-electron chi connectivity index (χ1n) is 5.99. The third-order valence-corrected chi connectivity index (χ3v) is 3.04. The molecule has 1 saturated heterocycles. The molecule has 4 nitrogen and oxygen atoms in total. The Kier molecular flexibility index (Phi) is 3.76. The van der Waals surface area contributed by atoms with Crippen molar-refractivity contribution in [3.05, 3.63) is 30.3 Å². The van der Waals surface area contributed by atoms with E-state index in [1.54, 1.807) is 5.01 Å². The molecule has 17 heavy (non-hydrogen) atoms. The lowest BCUT2D eigenvalue weighted by Gasteiger charge is -2.41. The number of carbonyl (C=O) groups is 1. The second-order valence-corrected chi connectivity index (χ2v) is 4.34. The van der Waals surface area contributed by atoms with E-state index in [9.17, 15) is 9.90 Å². The molecule has 1 N–H and O–H groups in total. The number of aliphatic hydroxyl groups is 1. The topological polar surface area (TPSA) is 43.8 Å². The van der Waals surface area contributed by atoms with Crippen molar-refractivity contribution in [3.63, 3.8) is 0 Å². The first kappa shape index (κ1) is 12.1. The highest BCUT2D eigenvalue weighted by atomic mass is 16.3. The van der Waals surface area contributed by atoms with E-state index in [0.29, 0.717) is 6.42 Å². The summed E-state index contributed by atoms with van der Waals surface area (Å²) in [5, 5.41) is 12.9. The molecule has 2 rings (SSSR count). The number of amides is 1. The second kappa shape index (κ2) is 5.29. The third kappa shape index (κ3) is 2.48. The van der Waals surface area contributed by atoms with Crippen molar-refractivity contribution in [1.29, 1.82) is 0 Å². The summed E-state index contributed by atoms with van der Waals surface area (Å²) in [5.74, 6) is 0.0998. The summed E-state index contributed by atoms with van der Waals surface area (Å²) < 4.78 is 0. The van der Waals surface area contributed by atoms with E-state index < -0.39 is 0 Å². The Hall–Kier alpha value is -1.39. The van der Waals surface area contributed by atoms with Crippen LogP contribution in [-0.4, -0.2) is 35.2 Å². The average molecular weight is 234 g/mol. The fourth-order valence-corrected chi connectivity index (χ4v) is 2.11. The highest BCUT2D eigenvalue weighted by Crippen LogP contribution is 2.23. The van der Waals surface area contributed by atoms with Gasteiger partial charge >= 0.3 is 0 Å². The normalized spacial score (nSPS) is 19.4. The number of rotatable bonds is 3. The van der Waals surface area contributed by atoms with Crippen LogP contribution in [0.15, 0.2) is 30.3 Å². The zero-order valence-corrected chi connectivity index (χ0v) is 10.0. The Morgan fingerprint density at radius 2 is 2.06 bits per heavy atom. The summed E-state index contributed by atoms with van der Waals surface area (Å²) in [6.07, 6.45) is 1.43. The minimum atomic E-state index is -0.0422. The lowest BCUT2D eigenvalue weighted by molar-refractivity contribution is -0.125. The lowest BCUT2D eigenvalue weighted by Crippen LogP contribution is -2.55. The van der Waals surface area contributed by atoms with Crippen molar-refractivity contribution < 1.29 is 9.90 Å². The SMILES string of the molecule is CC(CO)N1CCCC(=O)N1c1ccccc1. The maximum Gasteiger partial charge on any atom is 0.241 e. The van der Waals surface area contributed by atoms with Crippen molar-refractivity contribution >= 4 is 11.6 Å². The summed E-state index contributed by atoms with van der Waals surface area (Å²) in [6.45, 7) is 2.79. The standard InChI is InChI=1S/C13H18N2O2/c1-11(10-16)14-9-5-8-13(17)15(14)12-6-3-2-4-7-12/h2-4,6-7,11,16H,5,8-10H2,1H3. The highest BCUT2D eigenvalue weighted by molar-refractivity contribution is 5.93. The number of anilines is 1. The maximum atomic E-state index is 12.0. The van der Waals surface area contributed by atoms with Gasteiger partial charge in [-0.05, 0) is 25.5 Å². The Morgan fingerprint density at radius 3 is 2.71 bits per heavy atom. The molecule has 0 aliphatic carbocycles. The molecule has 1 aromatic rings. The number of benzene rings is 1. The summed E-state index contributed by atoms with van der Waals surface area (Å²) >= 11 is 0. The lowest BCUT2D eigenvalue weighted by atomic mass is 10.2. The zero-order chi connectivity index (χ0) is 12.3. The molecule has 1 amide bonds. The first-order valence-corrected chi connectivity index (χ1v) is 5.99. The van der Waals surface area contributed by atoms with Crippen LogP contribution in [0.4, 0.5) is 5.69 Å². The quantitative estimate of drug-likeness (QED) is 0.860. The van der Waals surface area contributed by atoms with Crippen LogP contribution in [0, 0.1) is 0 Å². The molecule has 1 fully saturated rings. The number of hydrogen-bond acceptors (Lipinski definition) is 3.